The first-order valence-corrected chi connectivity index (χ1v) is 7.36. The van der Waals surface area contributed by atoms with Crippen molar-refractivity contribution in [2.45, 2.75) is 39.8 Å². The van der Waals surface area contributed by atoms with Crippen LogP contribution in [0.2, 0.25) is 0 Å². The average molecular weight is 318 g/mol. The van der Waals surface area contributed by atoms with Gasteiger partial charge in [0.05, 0.1) is 25.5 Å². The predicted molar refractivity (Wildman–Crippen MR) is 85.3 cm³/mol. The van der Waals surface area contributed by atoms with Gasteiger partial charge in [0.2, 0.25) is 0 Å². The molecule has 23 heavy (non-hydrogen) atoms. The van der Waals surface area contributed by atoms with E-state index in [1.165, 1.54) is 7.11 Å². The van der Waals surface area contributed by atoms with Crippen molar-refractivity contribution in [1.29, 1.82) is 0 Å². The lowest BCUT2D eigenvalue weighted by Crippen LogP contribution is -2.50. The molecular formula is C17H22N2O4. The molecule has 2 aromatic rings. The fourth-order valence-electron chi connectivity index (χ4n) is 2.49. The van der Waals surface area contributed by atoms with E-state index in [0.717, 1.165) is 17.1 Å². The summed E-state index contributed by atoms with van der Waals surface area (Å²) in [5, 5.41) is 2.71. The molecule has 0 radical (unpaired) electrons. The van der Waals surface area contributed by atoms with Crippen LogP contribution in [-0.4, -0.2) is 29.1 Å². The molecule has 6 heteroatoms. The van der Waals surface area contributed by atoms with Crippen molar-refractivity contribution in [3.63, 3.8) is 0 Å². The van der Waals surface area contributed by atoms with Gasteiger partial charge in [-0.05, 0) is 45.9 Å². The van der Waals surface area contributed by atoms with Gasteiger partial charge in [-0.1, -0.05) is 0 Å². The molecule has 0 saturated heterocycles. The Morgan fingerprint density at radius 1 is 1.35 bits per heavy atom. The first-order valence-electron chi connectivity index (χ1n) is 7.36. The van der Waals surface area contributed by atoms with Crippen LogP contribution in [-0.2, 0) is 16.1 Å². The topological polar surface area (TPSA) is 73.5 Å². The van der Waals surface area contributed by atoms with E-state index >= 15 is 0 Å². The number of amides is 1. The normalized spacial score (nSPS) is 11.3. The number of aryl methyl sites for hydroxylation is 1. The molecular weight excluding hydrogens is 296 g/mol. The number of hydrogen-bond acceptors (Lipinski definition) is 4. The third kappa shape index (κ3) is 3.47. The number of nitrogens with zero attached hydrogens (tertiary/aromatic N) is 1. The highest BCUT2D eigenvalue weighted by molar-refractivity contribution is 5.99. The summed E-state index contributed by atoms with van der Waals surface area (Å²) in [6, 6.07) is 5.52. The minimum atomic E-state index is -1.09. The molecule has 2 rings (SSSR count). The highest BCUT2D eigenvalue weighted by atomic mass is 16.5. The summed E-state index contributed by atoms with van der Waals surface area (Å²) in [6.07, 6.45) is 1.62. The Morgan fingerprint density at radius 3 is 2.61 bits per heavy atom. The monoisotopic (exact) mass is 318 g/mol. The number of carbonyl (C=O) groups excluding carboxylic acids is 2. The molecule has 1 amide bonds. The molecule has 0 spiro atoms. The van der Waals surface area contributed by atoms with Crippen molar-refractivity contribution in [2.75, 3.05) is 7.11 Å². The van der Waals surface area contributed by atoms with Crippen LogP contribution >= 0.6 is 0 Å². The molecule has 0 aliphatic heterocycles. The summed E-state index contributed by atoms with van der Waals surface area (Å²) in [7, 11) is 1.30. The number of esters is 1. The van der Waals surface area contributed by atoms with E-state index in [0.29, 0.717) is 12.1 Å². The smallest absolute Gasteiger partial charge is 0.330 e. The van der Waals surface area contributed by atoms with E-state index in [1.807, 2.05) is 30.5 Å². The largest absolute Gasteiger partial charge is 0.467 e. The standard InChI is InChI=1S/C17H22N2O4/c1-11-9-14(15(20)18-17(3,4)16(21)22-5)12(2)19(11)10-13-7-6-8-23-13/h6-9H,10H2,1-5H3,(H,18,20). The molecule has 2 aromatic heterocycles. The van der Waals surface area contributed by atoms with E-state index in [1.54, 1.807) is 26.2 Å². The Morgan fingerprint density at radius 2 is 2.04 bits per heavy atom. The molecule has 0 aliphatic rings. The molecule has 0 aliphatic carbocycles. The zero-order valence-electron chi connectivity index (χ0n) is 14.1. The third-order valence-electron chi connectivity index (χ3n) is 3.83. The second-order valence-electron chi connectivity index (χ2n) is 6.02. The summed E-state index contributed by atoms with van der Waals surface area (Å²) in [4.78, 5) is 24.2. The van der Waals surface area contributed by atoms with Gasteiger partial charge in [0.25, 0.3) is 5.91 Å². The van der Waals surface area contributed by atoms with E-state index in [2.05, 4.69) is 5.32 Å². The zero-order chi connectivity index (χ0) is 17.2. The first kappa shape index (κ1) is 16.9. The minimum absolute atomic E-state index is 0.306. The van der Waals surface area contributed by atoms with Crippen LogP contribution in [0.15, 0.2) is 28.9 Å². The highest BCUT2D eigenvalue weighted by Crippen LogP contribution is 2.18. The number of nitrogens with one attached hydrogen (secondary N) is 1. The van der Waals surface area contributed by atoms with Gasteiger partial charge in [0.1, 0.15) is 11.3 Å². The summed E-state index contributed by atoms with van der Waals surface area (Å²) >= 11 is 0. The summed E-state index contributed by atoms with van der Waals surface area (Å²) in [5.41, 5.74) is 1.21. The molecule has 1 N–H and O–H groups in total. The van der Waals surface area contributed by atoms with Gasteiger partial charge in [0, 0.05) is 11.4 Å². The van der Waals surface area contributed by atoms with Crippen molar-refractivity contribution >= 4 is 11.9 Å². The Balaban J connectivity index is 2.24. The zero-order valence-corrected chi connectivity index (χ0v) is 14.1. The Bertz CT molecular complexity index is 711. The maximum absolute atomic E-state index is 12.5. The van der Waals surface area contributed by atoms with Crippen molar-refractivity contribution in [3.8, 4) is 0 Å². The van der Waals surface area contributed by atoms with E-state index in [9.17, 15) is 9.59 Å². The number of furan rings is 1. The van der Waals surface area contributed by atoms with Crippen LogP contribution in [0.3, 0.4) is 0 Å². The van der Waals surface area contributed by atoms with Crippen molar-refractivity contribution < 1.29 is 18.7 Å². The Labute approximate surface area is 135 Å². The lowest BCUT2D eigenvalue weighted by molar-refractivity contribution is -0.146. The quantitative estimate of drug-likeness (QED) is 0.859. The van der Waals surface area contributed by atoms with Crippen molar-refractivity contribution in [1.82, 2.24) is 9.88 Å². The summed E-state index contributed by atoms with van der Waals surface area (Å²) < 4.78 is 12.1. The Hall–Kier alpha value is -2.50. The van der Waals surface area contributed by atoms with Crippen LogP contribution in [0, 0.1) is 13.8 Å². The molecule has 0 fully saturated rings. The molecule has 0 bridgehead atoms. The van der Waals surface area contributed by atoms with Crippen LogP contribution in [0.4, 0.5) is 0 Å². The number of aromatic nitrogens is 1. The lowest BCUT2D eigenvalue weighted by atomic mass is 10.1. The van der Waals surface area contributed by atoms with Gasteiger partial charge >= 0.3 is 5.97 Å². The average Bonchev–Trinajstić information content (AvgIpc) is 3.09. The number of hydrogen-bond donors (Lipinski definition) is 1. The van der Waals surface area contributed by atoms with Crippen LogP contribution < -0.4 is 5.32 Å². The number of ether oxygens (including phenoxy) is 1. The van der Waals surface area contributed by atoms with Crippen molar-refractivity contribution in [3.05, 3.63) is 47.2 Å². The van der Waals surface area contributed by atoms with Gasteiger partial charge in [-0.2, -0.15) is 0 Å². The van der Waals surface area contributed by atoms with Crippen LogP contribution in [0.5, 0.6) is 0 Å². The second-order valence-corrected chi connectivity index (χ2v) is 6.02. The molecule has 2 heterocycles. The number of carbonyl (C=O) groups is 2. The van der Waals surface area contributed by atoms with E-state index in [4.69, 9.17) is 9.15 Å². The van der Waals surface area contributed by atoms with Gasteiger partial charge in [-0.15, -0.1) is 0 Å². The SMILES string of the molecule is COC(=O)C(C)(C)NC(=O)c1cc(C)n(Cc2ccco2)c1C. The van der Waals surface area contributed by atoms with Gasteiger partial charge < -0.3 is 19.0 Å². The predicted octanol–water partition coefficient (Wildman–Crippen LogP) is 2.43. The van der Waals surface area contributed by atoms with Crippen molar-refractivity contribution in [2.24, 2.45) is 0 Å². The fourth-order valence-corrected chi connectivity index (χ4v) is 2.49. The van der Waals surface area contributed by atoms with Gasteiger partial charge in [-0.3, -0.25) is 4.79 Å². The van der Waals surface area contributed by atoms with E-state index < -0.39 is 11.5 Å². The lowest BCUT2D eigenvalue weighted by Gasteiger charge is -2.23. The first-order chi connectivity index (χ1) is 10.8. The summed E-state index contributed by atoms with van der Waals surface area (Å²) in [6.45, 7) is 7.57. The maximum Gasteiger partial charge on any atom is 0.330 e. The highest BCUT2D eigenvalue weighted by Gasteiger charge is 2.31. The van der Waals surface area contributed by atoms with Gasteiger partial charge in [-0.25, -0.2) is 4.79 Å². The molecule has 0 aromatic carbocycles. The second kappa shape index (κ2) is 6.32. The number of methoxy groups -OCH3 is 1. The van der Waals surface area contributed by atoms with Gasteiger partial charge in [0.15, 0.2) is 0 Å². The molecule has 0 saturated carbocycles. The summed E-state index contributed by atoms with van der Waals surface area (Å²) in [5.74, 6) is 0.0167. The molecule has 6 nitrogen and oxygen atoms in total. The fraction of sp³-hybridized carbons (Fsp3) is 0.412. The Kier molecular flexibility index (Phi) is 4.63. The maximum atomic E-state index is 12.5. The molecule has 0 atom stereocenters. The van der Waals surface area contributed by atoms with E-state index in [-0.39, 0.29) is 5.91 Å². The third-order valence-corrected chi connectivity index (χ3v) is 3.83. The van der Waals surface area contributed by atoms with Crippen LogP contribution in [0.25, 0.3) is 0 Å². The molecule has 124 valence electrons. The number of rotatable bonds is 5. The molecule has 0 unspecified atom stereocenters. The minimum Gasteiger partial charge on any atom is -0.467 e. The van der Waals surface area contributed by atoms with Crippen LogP contribution in [0.1, 0.15) is 41.4 Å².